The summed E-state index contributed by atoms with van der Waals surface area (Å²) < 4.78 is 56.8. The molecule has 0 aromatic heterocycles. The van der Waals surface area contributed by atoms with Gasteiger partial charge in [-0.25, -0.2) is 21.6 Å². The molecule has 0 aliphatic carbocycles. The molecule has 0 bridgehead atoms. The average Bonchev–Trinajstić information content (AvgIpc) is 2.61. The summed E-state index contributed by atoms with van der Waals surface area (Å²) in [5, 5.41) is -1.09. The summed E-state index contributed by atoms with van der Waals surface area (Å²) in [4.78, 5) is 0.102. The first-order chi connectivity index (χ1) is 9.59. The van der Waals surface area contributed by atoms with E-state index in [2.05, 4.69) is 4.72 Å². The zero-order chi connectivity index (χ0) is 15.9. The third kappa shape index (κ3) is 3.28. The van der Waals surface area contributed by atoms with Gasteiger partial charge in [-0.05, 0) is 25.5 Å². The minimum absolute atomic E-state index is 0.102. The fourth-order valence-corrected chi connectivity index (χ4v) is 6.96. The Bertz CT molecular complexity index is 738. The Balaban J connectivity index is 2.40. The quantitative estimate of drug-likeness (QED) is 0.863. The van der Waals surface area contributed by atoms with Gasteiger partial charge < -0.3 is 4.74 Å². The third-order valence-corrected chi connectivity index (χ3v) is 7.30. The Labute approximate surface area is 125 Å². The van der Waals surface area contributed by atoms with E-state index < -0.39 is 36.4 Å². The Morgan fingerprint density at radius 1 is 1.33 bits per heavy atom. The Hall–Kier alpha value is -0.960. The van der Waals surface area contributed by atoms with E-state index in [-0.39, 0.29) is 11.5 Å². The minimum Gasteiger partial charge on any atom is -0.383 e. The Kier molecular flexibility index (Phi) is 4.18. The van der Waals surface area contributed by atoms with Crippen LogP contribution in [0.15, 0.2) is 29.2 Å². The fourth-order valence-electron chi connectivity index (χ4n) is 2.51. The van der Waals surface area contributed by atoms with Crippen LogP contribution >= 0.6 is 0 Å². The van der Waals surface area contributed by atoms with Crippen LogP contribution in [-0.2, 0) is 24.6 Å². The number of rotatable bonds is 5. The van der Waals surface area contributed by atoms with Gasteiger partial charge in [0.05, 0.1) is 22.8 Å². The van der Waals surface area contributed by atoms with Gasteiger partial charge in [-0.3, -0.25) is 0 Å². The number of hydrogen-bond acceptors (Lipinski definition) is 5. The highest BCUT2D eigenvalue weighted by Crippen LogP contribution is 2.38. The van der Waals surface area contributed by atoms with E-state index in [0.717, 1.165) is 0 Å². The van der Waals surface area contributed by atoms with Crippen LogP contribution in [0.4, 0.5) is 0 Å². The van der Waals surface area contributed by atoms with Crippen molar-refractivity contribution in [3.05, 3.63) is 29.8 Å². The molecule has 6 nitrogen and oxygen atoms in total. The van der Waals surface area contributed by atoms with E-state index in [1.54, 1.807) is 32.0 Å². The maximum Gasteiger partial charge on any atom is 0.220 e. The molecule has 0 fully saturated rings. The number of methoxy groups -OCH3 is 1. The van der Waals surface area contributed by atoms with Crippen LogP contribution in [-0.4, -0.2) is 41.8 Å². The SMILES string of the molecule is COCC(C)(C)NS(=O)(=O)[C@H]1CS(=O)(=O)c2ccccc21. The zero-order valence-electron chi connectivity index (χ0n) is 12.2. The monoisotopic (exact) mass is 333 g/mol. The Morgan fingerprint density at radius 3 is 2.57 bits per heavy atom. The van der Waals surface area contributed by atoms with Crippen molar-refractivity contribution in [3.63, 3.8) is 0 Å². The van der Waals surface area contributed by atoms with Crippen molar-refractivity contribution >= 4 is 19.9 Å². The van der Waals surface area contributed by atoms with E-state index in [4.69, 9.17) is 4.74 Å². The van der Waals surface area contributed by atoms with Gasteiger partial charge in [0.2, 0.25) is 10.0 Å². The molecule has 1 heterocycles. The molecule has 1 atom stereocenters. The second kappa shape index (κ2) is 5.35. The largest absolute Gasteiger partial charge is 0.383 e. The molecular weight excluding hydrogens is 314 g/mol. The van der Waals surface area contributed by atoms with Gasteiger partial charge in [-0.15, -0.1) is 0 Å². The highest BCUT2D eigenvalue weighted by Gasteiger charge is 2.43. The molecule has 0 spiro atoms. The summed E-state index contributed by atoms with van der Waals surface area (Å²) in [5.41, 5.74) is -0.479. The maximum atomic E-state index is 12.5. The average molecular weight is 333 g/mol. The van der Waals surface area contributed by atoms with Crippen molar-refractivity contribution in [2.24, 2.45) is 0 Å². The number of fused-ring (bicyclic) bond motifs is 1. The van der Waals surface area contributed by atoms with Crippen molar-refractivity contribution in [2.75, 3.05) is 19.5 Å². The van der Waals surface area contributed by atoms with Crippen molar-refractivity contribution in [2.45, 2.75) is 29.5 Å². The van der Waals surface area contributed by atoms with Gasteiger partial charge in [0.25, 0.3) is 0 Å². The topological polar surface area (TPSA) is 89.5 Å². The minimum atomic E-state index is -3.83. The lowest BCUT2D eigenvalue weighted by Crippen LogP contribution is -2.48. The molecule has 0 unspecified atom stereocenters. The first kappa shape index (κ1) is 16.4. The van der Waals surface area contributed by atoms with Crippen LogP contribution in [0.2, 0.25) is 0 Å². The number of benzene rings is 1. The van der Waals surface area contributed by atoms with Crippen LogP contribution < -0.4 is 4.72 Å². The summed E-state index contributed by atoms with van der Waals surface area (Å²) in [6.07, 6.45) is 0. The van der Waals surface area contributed by atoms with Crippen molar-refractivity contribution in [3.8, 4) is 0 Å². The molecule has 1 aliphatic heterocycles. The van der Waals surface area contributed by atoms with E-state index in [1.807, 2.05) is 0 Å². The predicted octanol–water partition coefficient (Wildman–Crippen LogP) is 0.859. The summed E-state index contributed by atoms with van der Waals surface area (Å²) in [6.45, 7) is 3.56. The first-order valence-electron chi connectivity index (χ1n) is 6.42. The molecule has 0 amide bonds. The van der Waals surface area contributed by atoms with Crippen LogP contribution in [0.25, 0.3) is 0 Å². The molecule has 1 N–H and O–H groups in total. The van der Waals surface area contributed by atoms with Crippen LogP contribution in [0.3, 0.4) is 0 Å². The van der Waals surface area contributed by atoms with Gasteiger partial charge in [-0.2, -0.15) is 0 Å². The normalized spacial score (nSPS) is 21.2. The molecule has 8 heteroatoms. The molecular formula is C13H19NO5S2. The lowest BCUT2D eigenvalue weighted by molar-refractivity contribution is 0.141. The van der Waals surface area contributed by atoms with Crippen molar-refractivity contribution < 1.29 is 21.6 Å². The second-order valence-electron chi connectivity index (χ2n) is 5.77. The molecule has 1 aliphatic rings. The van der Waals surface area contributed by atoms with Gasteiger partial charge in [0.1, 0.15) is 5.25 Å². The predicted molar refractivity (Wildman–Crippen MR) is 79.2 cm³/mol. The number of hydrogen-bond donors (Lipinski definition) is 1. The summed E-state index contributed by atoms with van der Waals surface area (Å²) in [5.74, 6) is -0.426. The van der Waals surface area contributed by atoms with E-state index in [0.29, 0.717) is 5.56 Å². The van der Waals surface area contributed by atoms with Crippen LogP contribution in [0.5, 0.6) is 0 Å². The van der Waals surface area contributed by atoms with E-state index in [1.165, 1.54) is 13.2 Å². The van der Waals surface area contributed by atoms with Crippen molar-refractivity contribution in [1.29, 1.82) is 0 Å². The molecule has 0 saturated carbocycles. The maximum absolute atomic E-state index is 12.5. The lowest BCUT2D eigenvalue weighted by Gasteiger charge is -2.26. The second-order valence-corrected chi connectivity index (χ2v) is 9.64. The van der Waals surface area contributed by atoms with Gasteiger partial charge >= 0.3 is 0 Å². The number of ether oxygens (including phenoxy) is 1. The number of sulfone groups is 1. The fraction of sp³-hybridized carbons (Fsp3) is 0.538. The third-order valence-electron chi connectivity index (χ3n) is 3.27. The number of nitrogens with one attached hydrogen (secondary N) is 1. The molecule has 118 valence electrons. The summed E-state index contributed by atoms with van der Waals surface area (Å²) in [6, 6.07) is 6.23. The summed E-state index contributed by atoms with van der Waals surface area (Å²) in [7, 11) is -5.91. The molecule has 2 rings (SSSR count). The highest BCUT2D eigenvalue weighted by molar-refractivity contribution is 7.95. The zero-order valence-corrected chi connectivity index (χ0v) is 13.8. The Morgan fingerprint density at radius 2 is 1.95 bits per heavy atom. The van der Waals surface area contributed by atoms with E-state index >= 15 is 0 Å². The molecule has 1 aromatic rings. The van der Waals surface area contributed by atoms with Gasteiger partial charge in [0.15, 0.2) is 9.84 Å². The molecule has 21 heavy (non-hydrogen) atoms. The molecule has 0 saturated heterocycles. The standard InChI is InChI=1S/C13H19NO5S2/c1-13(2,9-19-3)14-21(17,18)12-8-20(15,16)11-7-5-4-6-10(11)12/h4-7,12,14H,8-9H2,1-3H3/t12-/m0/s1. The number of sulfonamides is 1. The van der Waals surface area contributed by atoms with Crippen LogP contribution in [0, 0.1) is 0 Å². The van der Waals surface area contributed by atoms with E-state index in [9.17, 15) is 16.8 Å². The summed E-state index contributed by atoms with van der Waals surface area (Å²) >= 11 is 0. The van der Waals surface area contributed by atoms with Gasteiger partial charge in [-0.1, -0.05) is 18.2 Å². The smallest absolute Gasteiger partial charge is 0.220 e. The lowest BCUT2D eigenvalue weighted by atomic mass is 10.1. The van der Waals surface area contributed by atoms with Gasteiger partial charge in [0, 0.05) is 7.11 Å². The molecule has 0 radical (unpaired) electrons. The van der Waals surface area contributed by atoms with Crippen LogP contribution in [0.1, 0.15) is 24.7 Å². The first-order valence-corrected chi connectivity index (χ1v) is 9.62. The van der Waals surface area contributed by atoms with Crippen molar-refractivity contribution in [1.82, 2.24) is 4.72 Å². The highest BCUT2D eigenvalue weighted by atomic mass is 32.2. The molecule has 1 aromatic carbocycles.